The Bertz CT molecular complexity index is 623. The Kier molecular flexibility index (Phi) is 4.56. The Balaban J connectivity index is 1.61. The van der Waals surface area contributed by atoms with Gasteiger partial charge in [0.1, 0.15) is 11.9 Å². The second-order valence-corrected chi connectivity index (χ2v) is 5.39. The van der Waals surface area contributed by atoms with Crippen LogP contribution in [0.5, 0.6) is 0 Å². The lowest BCUT2D eigenvalue weighted by atomic mass is 10.0. The van der Waals surface area contributed by atoms with E-state index < -0.39 is 5.97 Å². The molecular formula is C17H19NO4. The zero-order chi connectivity index (χ0) is 15.4. The molecule has 1 aromatic carbocycles. The fraction of sp³-hybridized carbons (Fsp3) is 0.353. The average molecular weight is 301 g/mol. The highest BCUT2D eigenvalue weighted by Gasteiger charge is 2.23. The summed E-state index contributed by atoms with van der Waals surface area (Å²) in [6.45, 7) is 3.09. The van der Waals surface area contributed by atoms with Crippen molar-refractivity contribution in [3.63, 3.8) is 0 Å². The van der Waals surface area contributed by atoms with Crippen LogP contribution < -0.4 is 0 Å². The largest absolute Gasteiger partial charge is 0.478 e. The Morgan fingerprint density at radius 3 is 2.91 bits per heavy atom. The van der Waals surface area contributed by atoms with Crippen molar-refractivity contribution in [2.75, 3.05) is 26.2 Å². The van der Waals surface area contributed by atoms with Gasteiger partial charge in [-0.15, -0.1) is 0 Å². The van der Waals surface area contributed by atoms with Gasteiger partial charge in [-0.05, 0) is 30.2 Å². The first-order valence-corrected chi connectivity index (χ1v) is 7.42. The normalized spacial score (nSPS) is 19.2. The Labute approximate surface area is 129 Å². The van der Waals surface area contributed by atoms with E-state index in [0.29, 0.717) is 18.6 Å². The number of ether oxygens (including phenoxy) is 1. The van der Waals surface area contributed by atoms with Crippen LogP contribution in [0.4, 0.5) is 0 Å². The molecule has 1 aliphatic rings. The van der Waals surface area contributed by atoms with E-state index in [4.69, 9.17) is 9.15 Å². The highest BCUT2D eigenvalue weighted by atomic mass is 16.5. The van der Waals surface area contributed by atoms with E-state index in [1.54, 1.807) is 18.4 Å². The summed E-state index contributed by atoms with van der Waals surface area (Å²) >= 11 is 0. The SMILES string of the molecule is O=C(O)c1ccccc1CCN1CCOC(c2ccco2)C1. The van der Waals surface area contributed by atoms with E-state index in [9.17, 15) is 9.90 Å². The maximum absolute atomic E-state index is 11.2. The van der Waals surface area contributed by atoms with Crippen LogP contribution in [-0.2, 0) is 11.2 Å². The van der Waals surface area contributed by atoms with Crippen LogP contribution in [0.2, 0.25) is 0 Å². The Morgan fingerprint density at radius 2 is 2.14 bits per heavy atom. The average Bonchev–Trinajstić information content (AvgIpc) is 3.08. The van der Waals surface area contributed by atoms with E-state index in [1.807, 2.05) is 24.3 Å². The van der Waals surface area contributed by atoms with Gasteiger partial charge >= 0.3 is 5.97 Å². The molecule has 1 saturated heterocycles. The summed E-state index contributed by atoms with van der Waals surface area (Å²) in [4.78, 5) is 13.5. The molecule has 0 aliphatic carbocycles. The fourth-order valence-electron chi connectivity index (χ4n) is 2.78. The number of rotatable bonds is 5. The summed E-state index contributed by atoms with van der Waals surface area (Å²) in [6, 6.07) is 11.0. The van der Waals surface area contributed by atoms with Crippen molar-refractivity contribution in [3.8, 4) is 0 Å². The number of hydrogen-bond acceptors (Lipinski definition) is 4. The molecule has 5 heteroatoms. The molecule has 1 aliphatic heterocycles. The van der Waals surface area contributed by atoms with E-state index in [1.165, 1.54) is 0 Å². The van der Waals surface area contributed by atoms with E-state index in [-0.39, 0.29) is 6.10 Å². The topological polar surface area (TPSA) is 62.9 Å². The minimum Gasteiger partial charge on any atom is -0.478 e. The van der Waals surface area contributed by atoms with Crippen molar-refractivity contribution in [1.29, 1.82) is 0 Å². The molecule has 116 valence electrons. The van der Waals surface area contributed by atoms with Gasteiger partial charge in [0.2, 0.25) is 0 Å². The maximum Gasteiger partial charge on any atom is 0.335 e. The second-order valence-electron chi connectivity index (χ2n) is 5.39. The molecular weight excluding hydrogens is 282 g/mol. The first kappa shape index (κ1) is 14.8. The molecule has 2 heterocycles. The molecule has 0 radical (unpaired) electrons. The predicted molar refractivity (Wildman–Crippen MR) is 80.9 cm³/mol. The molecule has 1 aromatic heterocycles. The van der Waals surface area contributed by atoms with Crippen molar-refractivity contribution >= 4 is 5.97 Å². The number of hydrogen-bond donors (Lipinski definition) is 1. The van der Waals surface area contributed by atoms with Gasteiger partial charge in [-0.3, -0.25) is 4.90 Å². The van der Waals surface area contributed by atoms with Gasteiger partial charge in [-0.2, -0.15) is 0 Å². The van der Waals surface area contributed by atoms with Gasteiger partial charge < -0.3 is 14.3 Å². The van der Waals surface area contributed by atoms with Crippen LogP contribution in [0.3, 0.4) is 0 Å². The highest BCUT2D eigenvalue weighted by molar-refractivity contribution is 5.89. The molecule has 0 bridgehead atoms. The van der Waals surface area contributed by atoms with Gasteiger partial charge in [0, 0.05) is 19.6 Å². The number of nitrogens with zero attached hydrogens (tertiary/aromatic N) is 1. The predicted octanol–water partition coefficient (Wildman–Crippen LogP) is 2.59. The lowest BCUT2D eigenvalue weighted by molar-refractivity contribution is -0.0396. The molecule has 22 heavy (non-hydrogen) atoms. The lowest BCUT2D eigenvalue weighted by Gasteiger charge is -2.32. The molecule has 3 rings (SSSR count). The van der Waals surface area contributed by atoms with E-state index in [0.717, 1.165) is 31.0 Å². The van der Waals surface area contributed by atoms with Crippen LogP contribution in [0.1, 0.15) is 27.8 Å². The van der Waals surface area contributed by atoms with Gasteiger partial charge in [0.25, 0.3) is 0 Å². The van der Waals surface area contributed by atoms with Crippen LogP contribution in [0.15, 0.2) is 47.1 Å². The maximum atomic E-state index is 11.2. The first-order chi connectivity index (χ1) is 10.7. The molecule has 1 N–H and O–H groups in total. The zero-order valence-corrected chi connectivity index (χ0v) is 12.3. The van der Waals surface area contributed by atoms with Crippen LogP contribution >= 0.6 is 0 Å². The van der Waals surface area contributed by atoms with Crippen molar-refractivity contribution in [1.82, 2.24) is 4.90 Å². The smallest absolute Gasteiger partial charge is 0.335 e. The first-order valence-electron chi connectivity index (χ1n) is 7.42. The molecule has 2 aromatic rings. The number of carboxylic acid groups (broad SMARTS) is 1. The number of furan rings is 1. The van der Waals surface area contributed by atoms with Crippen molar-refractivity contribution in [2.24, 2.45) is 0 Å². The number of aromatic carboxylic acids is 1. The summed E-state index contributed by atoms with van der Waals surface area (Å²) in [5.74, 6) is -0.0262. The van der Waals surface area contributed by atoms with E-state index in [2.05, 4.69) is 4.90 Å². The molecule has 5 nitrogen and oxygen atoms in total. The van der Waals surface area contributed by atoms with Gasteiger partial charge in [-0.1, -0.05) is 18.2 Å². The number of morpholine rings is 1. The van der Waals surface area contributed by atoms with Crippen molar-refractivity contribution < 1.29 is 19.1 Å². The van der Waals surface area contributed by atoms with Gasteiger partial charge in [0.05, 0.1) is 18.4 Å². The zero-order valence-electron chi connectivity index (χ0n) is 12.3. The van der Waals surface area contributed by atoms with Gasteiger partial charge in [-0.25, -0.2) is 4.79 Å². The minimum atomic E-state index is -0.869. The highest BCUT2D eigenvalue weighted by Crippen LogP contribution is 2.22. The van der Waals surface area contributed by atoms with Gasteiger partial charge in [0.15, 0.2) is 0 Å². The second kappa shape index (κ2) is 6.77. The molecule has 0 saturated carbocycles. The third-order valence-corrected chi connectivity index (χ3v) is 3.96. The third-order valence-electron chi connectivity index (χ3n) is 3.96. The van der Waals surface area contributed by atoms with Crippen LogP contribution in [0, 0.1) is 0 Å². The lowest BCUT2D eigenvalue weighted by Crippen LogP contribution is -2.39. The number of carboxylic acids is 1. The molecule has 1 atom stereocenters. The fourth-order valence-corrected chi connectivity index (χ4v) is 2.78. The number of benzene rings is 1. The molecule has 1 fully saturated rings. The van der Waals surface area contributed by atoms with E-state index >= 15 is 0 Å². The summed E-state index contributed by atoms with van der Waals surface area (Å²) in [5.41, 5.74) is 1.26. The monoisotopic (exact) mass is 301 g/mol. The van der Waals surface area contributed by atoms with Crippen LogP contribution in [-0.4, -0.2) is 42.2 Å². The van der Waals surface area contributed by atoms with Crippen molar-refractivity contribution in [2.45, 2.75) is 12.5 Å². The molecule has 1 unspecified atom stereocenters. The number of carbonyl (C=O) groups is 1. The summed E-state index contributed by atoms with van der Waals surface area (Å²) in [5, 5.41) is 9.22. The molecule has 0 spiro atoms. The Hall–Kier alpha value is -2.11. The quantitative estimate of drug-likeness (QED) is 0.919. The van der Waals surface area contributed by atoms with Crippen LogP contribution in [0.25, 0.3) is 0 Å². The molecule has 0 amide bonds. The third kappa shape index (κ3) is 3.37. The van der Waals surface area contributed by atoms with Crippen molar-refractivity contribution in [3.05, 3.63) is 59.5 Å². The summed E-state index contributed by atoms with van der Waals surface area (Å²) < 4.78 is 11.1. The standard InChI is InChI=1S/C17H19NO4/c19-17(20)14-5-2-1-4-13(14)7-8-18-9-11-22-16(12-18)15-6-3-10-21-15/h1-6,10,16H,7-9,11-12H2,(H,19,20). The summed E-state index contributed by atoms with van der Waals surface area (Å²) in [6.07, 6.45) is 2.33. The minimum absolute atomic E-state index is 0.0431. The Morgan fingerprint density at radius 1 is 1.27 bits per heavy atom. The summed E-state index contributed by atoms with van der Waals surface area (Å²) in [7, 11) is 0.